The summed E-state index contributed by atoms with van der Waals surface area (Å²) in [7, 11) is -4.11. The first-order valence-electron chi connectivity index (χ1n) is 7.62. The van der Waals surface area contributed by atoms with Gasteiger partial charge in [0, 0.05) is 17.4 Å². The predicted molar refractivity (Wildman–Crippen MR) is 101 cm³/mol. The van der Waals surface area contributed by atoms with Crippen LogP contribution in [0.15, 0.2) is 53.7 Å². The van der Waals surface area contributed by atoms with Crippen LogP contribution in [0.3, 0.4) is 0 Å². The average Bonchev–Trinajstić information content (AvgIpc) is 2.66. The molecule has 142 valence electrons. The van der Waals surface area contributed by atoms with Gasteiger partial charge in [-0.3, -0.25) is 4.72 Å². The van der Waals surface area contributed by atoms with E-state index in [0.717, 1.165) is 12.1 Å². The quantitative estimate of drug-likeness (QED) is 0.634. The van der Waals surface area contributed by atoms with Crippen molar-refractivity contribution >= 4 is 33.3 Å². The fraction of sp³-hybridized carbons (Fsp3) is 0. The van der Waals surface area contributed by atoms with Gasteiger partial charge in [-0.25, -0.2) is 27.2 Å². The summed E-state index contributed by atoms with van der Waals surface area (Å²) in [6.45, 7) is 0. The Labute approximate surface area is 164 Å². The molecule has 0 aliphatic rings. The number of nitrogens with zero attached hydrogens (tertiary/aromatic N) is 2. The lowest BCUT2D eigenvalue weighted by Gasteiger charge is -2.10. The Hall–Kier alpha value is -3.22. The van der Waals surface area contributed by atoms with E-state index in [-0.39, 0.29) is 16.4 Å². The minimum Gasteiger partial charge on any atom is -0.368 e. The average molecular weight is 421 g/mol. The number of aromatic nitrogens is 2. The Kier molecular flexibility index (Phi) is 5.44. The van der Waals surface area contributed by atoms with Crippen molar-refractivity contribution in [1.29, 1.82) is 0 Å². The summed E-state index contributed by atoms with van der Waals surface area (Å²) in [5.74, 6) is 2.74. The molecule has 0 saturated carbocycles. The molecule has 0 unspecified atom stereocenters. The zero-order chi connectivity index (χ0) is 20.3. The lowest BCUT2D eigenvalue weighted by molar-refractivity contribution is 0.578. The Morgan fingerprint density at radius 2 is 1.64 bits per heavy atom. The molecule has 10 heteroatoms. The molecule has 2 aromatic carbocycles. The van der Waals surface area contributed by atoms with Crippen LogP contribution in [0.25, 0.3) is 0 Å². The summed E-state index contributed by atoms with van der Waals surface area (Å²) in [5, 5.41) is 0.344. The molecule has 0 fully saturated rings. The lowest BCUT2D eigenvalue weighted by Crippen LogP contribution is -2.14. The summed E-state index contributed by atoms with van der Waals surface area (Å²) < 4.78 is 55.5. The second kappa shape index (κ2) is 7.80. The van der Waals surface area contributed by atoms with Gasteiger partial charge < -0.3 is 5.73 Å². The highest BCUT2D eigenvalue weighted by Gasteiger charge is 2.19. The Balaban J connectivity index is 1.95. The van der Waals surface area contributed by atoms with Gasteiger partial charge in [0.25, 0.3) is 10.0 Å². The minimum atomic E-state index is -4.11. The molecule has 3 aromatic rings. The molecule has 3 rings (SSSR count). The van der Waals surface area contributed by atoms with Gasteiger partial charge in [0.15, 0.2) is 5.82 Å². The van der Waals surface area contributed by atoms with Crippen molar-refractivity contribution in [3.63, 3.8) is 0 Å². The van der Waals surface area contributed by atoms with E-state index >= 15 is 0 Å². The molecule has 0 saturated heterocycles. The number of nitrogens with two attached hydrogens (primary N) is 1. The number of nitrogen functional groups attached to an aromatic ring is 1. The molecule has 6 nitrogen and oxygen atoms in total. The number of hydrogen-bond donors (Lipinski definition) is 2. The summed E-state index contributed by atoms with van der Waals surface area (Å²) in [4.78, 5) is 7.30. The van der Waals surface area contributed by atoms with Gasteiger partial charge in [0.05, 0.1) is 21.7 Å². The first-order valence-corrected chi connectivity index (χ1v) is 9.48. The predicted octanol–water partition coefficient (Wildman–Crippen LogP) is 3.19. The standard InChI is InChI=1S/C18H11ClF2N4O2S/c19-12-2-4-13(5-3-12)28(26,27)25-16-8-7-15(20)14(17(16)21)6-1-11-9-23-18(22)24-10-11/h2-5,7-10,25H,(H2,22,23,24). The maximum atomic E-state index is 14.7. The molecule has 0 amide bonds. The SMILES string of the molecule is Nc1ncc(C#Cc2c(F)ccc(NS(=O)(=O)c3ccc(Cl)cc3)c2F)cn1. The van der Waals surface area contributed by atoms with E-state index in [1.807, 2.05) is 0 Å². The molecule has 28 heavy (non-hydrogen) atoms. The second-order valence-electron chi connectivity index (χ2n) is 5.42. The van der Waals surface area contributed by atoms with Crippen molar-refractivity contribution in [3.8, 4) is 11.8 Å². The lowest BCUT2D eigenvalue weighted by atomic mass is 10.1. The minimum absolute atomic E-state index is 0.0292. The third kappa shape index (κ3) is 4.36. The number of anilines is 2. The summed E-state index contributed by atoms with van der Waals surface area (Å²) in [6, 6.07) is 7.15. The second-order valence-corrected chi connectivity index (χ2v) is 7.54. The molecular formula is C18H11ClF2N4O2S. The first-order chi connectivity index (χ1) is 13.3. The van der Waals surface area contributed by atoms with E-state index in [0.29, 0.717) is 5.02 Å². The normalized spacial score (nSPS) is 10.8. The fourth-order valence-electron chi connectivity index (χ4n) is 2.10. The summed E-state index contributed by atoms with van der Waals surface area (Å²) in [6.07, 6.45) is 2.58. The zero-order valence-corrected chi connectivity index (χ0v) is 15.5. The largest absolute Gasteiger partial charge is 0.368 e. The summed E-state index contributed by atoms with van der Waals surface area (Å²) >= 11 is 5.73. The molecule has 0 aliphatic carbocycles. The molecule has 0 spiro atoms. The Bertz CT molecular complexity index is 1190. The highest BCUT2D eigenvalue weighted by molar-refractivity contribution is 7.92. The van der Waals surface area contributed by atoms with Crippen molar-refractivity contribution < 1.29 is 17.2 Å². The molecule has 1 heterocycles. The molecule has 0 radical (unpaired) electrons. The monoisotopic (exact) mass is 420 g/mol. The number of rotatable bonds is 3. The number of hydrogen-bond acceptors (Lipinski definition) is 5. The number of benzene rings is 2. The van der Waals surface area contributed by atoms with E-state index in [1.165, 1.54) is 36.7 Å². The van der Waals surface area contributed by atoms with Crippen molar-refractivity contribution in [1.82, 2.24) is 9.97 Å². The number of sulfonamides is 1. The van der Waals surface area contributed by atoms with Crippen LogP contribution in [0, 0.1) is 23.5 Å². The number of halogens is 3. The van der Waals surface area contributed by atoms with Gasteiger partial charge in [-0.2, -0.15) is 0 Å². The van der Waals surface area contributed by atoms with Crippen LogP contribution in [0.5, 0.6) is 0 Å². The fourth-order valence-corrected chi connectivity index (χ4v) is 3.29. The van der Waals surface area contributed by atoms with Crippen LogP contribution in [-0.4, -0.2) is 18.4 Å². The molecular weight excluding hydrogens is 410 g/mol. The van der Waals surface area contributed by atoms with Gasteiger partial charge >= 0.3 is 0 Å². The van der Waals surface area contributed by atoms with E-state index in [2.05, 4.69) is 26.5 Å². The van der Waals surface area contributed by atoms with Crippen LogP contribution < -0.4 is 10.5 Å². The van der Waals surface area contributed by atoms with Gasteiger partial charge in [0.1, 0.15) is 5.82 Å². The molecule has 0 atom stereocenters. The van der Waals surface area contributed by atoms with Crippen molar-refractivity contribution in [2.75, 3.05) is 10.5 Å². The number of nitrogens with one attached hydrogen (secondary N) is 1. The smallest absolute Gasteiger partial charge is 0.261 e. The summed E-state index contributed by atoms with van der Waals surface area (Å²) in [5.41, 5.74) is 4.58. The highest BCUT2D eigenvalue weighted by Crippen LogP contribution is 2.24. The molecule has 0 bridgehead atoms. The highest BCUT2D eigenvalue weighted by atomic mass is 35.5. The van der Waals surface area contributed by atoms with Crippen molar-refractivity contribution in [2.24, 2.45) is 0 Å². The van der Waals surface area contributed by atoms with E-state index in [1.54, 1.807) is 0 Å². The van der Waals surface area contributed by atoms with Gasteiger partial charge in [0.2, 0.25) is 5.95 Å². The topological polar surface area (TPSA) is 98.0 Å². The van der Waals surface area contributed by atoms with Crippen LogP contribution in [0.1, 0.15) is 11.1 Å². The van der Waals surface area contributed by atoms with E-state index in [9.17, 15) is 17.2 Å². The molecule has 3 N–H and O–H groups in total. The van der Waals surface area contributed by atoms with Crippen LogP contribution >= 0.6 is 11.6 Å². The van der Waals surface area contributed by atoms with Gasteiger partial charge in [-0.05, 0) is 36.4 Å². The van der Waals surface area contributed by atoms with Gasteiger partial charge in [-0.15, -0.1) is 0 Å². The Morgan fingerprint density at radius 3 is 2.29 bits per heavy atom. The third-order valence-corrected chi connectivity index (χ3v) is 5.10. The maximum Gasteiger partial charge on any atom is 0.261 e. The van der Waals surface area contributed by atoms with Crippen molar-refractivity contribution in [3.05, 3.63) is 76.6 Å². The maximum absolute atomic E-state index is 14.7. The molecule has 0 aliphatic heterocycles. The first kappa shape index (κ1) is 19.5. The molecule has 1 aromatic heterocycles. The van der Waals surface area contributed by atoms with Crippen LogP contribution in [-0.2, 0) is 10.0 Å². The van der Waals surface area contributed by atoms with Crippen LogP contribution in [0.2, 0.25) is 5.02 Å². The van der Waals surface area contributed by atoms with E-state index < -0.39 is 32.9 Å². The van der Waals surface area contributed by atoms with E-state index in [4.69, 9.17) is 17.3 Å². The van der Waals surface area contributed by atoms with Crippen molar-refractivity contribution in [2.45, 2.75) is 4.90 Å². The van der Waals surface area contributed by atoms with Gasteiger partial charge in [-0.1, -0.05) is 23.4 Å². The Morgan fingerprint density at radius 1 is 1.00 bits per heavy atom. The zero-order valence-electron chi connectivity index (χ0n) is 13.9. The van der Waals surface area contributed by atoms with Crippen LogP contribution in [0.4, 0.5) is 20.4 Å². The third-order valence-electron chi connectivity index (χ3n) is 3.46.